The molecule has 2 aromatic carbocycles. The molecule has 0 saturated heterocycles. The summed E-state index contributed by atoms with van der Waals surface area (Å²) >= 11 is 0. The van der Waals surface area contributed by atoms with Crippen molar-refractivity contribution in [2.75, 3.05) is 0 Å². The van der Waals surface area contributed by atoms with Crippen LogP contribution in [0.4, 0.5) is 4.39 Å². The molecule has 1 unspecified atom stereocenters. The van der Waals surface area contributed by atoms with Crippen LogP contribution < -0.4 is 0 Å². The number of tetrazole rings is 1. The van der Waals surface area contributed by atoms with Crippen molar-refractivity contribution >= 4 is 0 Å². The van der Waals surface area contributed by atoms with E-state index in [1.807, 2.05) is 18.2 Å². The maximum absolute atomic E-state index is 13.5. The molecule has 1 fully saturated rings. The van der Waals surface area contributed by atoms with Gasteiger partial charge in [-0.3, -0.25) is 4.90 Å². The Bertz CT molecular complexity index is 916. The Balaban J connectivity index is 1.68. The highest BCUT2D eigenvalue weighted by molar-refractivity contribution is 5.19. The van der Waals surface area contributed by atoms with Gasteiger partial charge in [-0.15, -0.1) is 5.10 Å². The van der Waals surface area contributed by atoms with Crippen LogP contribution in [0.3, 0.4) is 0 Å². The van der Waals surface area contributed by atoms with Gasteiger partial charge in [-0.25, -0.2) is 9.07 Å². The summed E-state index contributed by atoms with van der Waals surface area (Å²) in [5.74, 6) is 1.05. The number of nitrogens with zero attached hydrogens (tertiary/aromatic N) is 5. The van der Waals surface area contributed by atoms with Crippen LogP contribution in [-0.2, 0) is 13.1 Å². The number of rotatable bonds is 8. The molecule has 1 aromatic heterocycles. The second kappa shape index (κ2) is 9.47. The molecule has 0 spiro atoms. The minimum Gasteiger partial charge on any atom is -0.285 e. The second-order valence-electron chi connectivity index (χ2n) is 8.63. The quantitative estimate of drug-likeness (QED) is 0.507. The van der Waals surface area contributed by atoms with E-state index < -0.39 is 0 Å². The maximum Gasteiger partial charge on any atom is 0.168 e. The molecule has 1 saturated carbocycles. The van der Waals surface area contributed by atoms with Crippen LogP contribution in [-0.4, -0.2) is 25.1 Å². The third-order valence-corrected chi connectivity index (χ3v) is 6.01. The lowest BCUT2D eigenvalue weighted by molar-refractivity contribution is 0.124. The number of hydrogen-bond acceptors (Lipinski definition) is 4. The average molecular weight is 408 g/mol. The first-order valence-electron chi connectivity index (χ1n) is 10.9. The fraction of sp³-hybridized carbons (Fsp3) is 0.458. The fourth-order valence-electron chi connectivity index (χ4n) is 4.58. The standard InChI is InChI=1S/C24H30FN5/c1-18(2)23(24-26-27-28-30(24)22-10-6-7-11-22)29(16-19-8-4-3-5-9-19)17-20-12-14-21(25)15-13-20/h3-5,8-9,12-15,18,22-23H,6-7,10-11,16-17H2,1-2H3. The fourth-order valence-corrected chi connectivity index (χ4v) is 4.58. The first kappa shape index (κ1) is 20.7. The van der Waals surface area contributed by atoms with E-state index in [1.54, 1.807) is 0 Å². The maximum atomic E-state index is 13.5. The summed E-state index contributed by atoms with van der Waals surface area (Å²) in [6.45, 7) is 5.93. The molecule has 0 aliphatic heterocycles. The predicted octanol–water partition coefficient (Wildman–Crippen LogP) is 5.33. The van der Waals surface area contributed by atoms with Crippen molar-refractivity contribution in [3.63, 3.8) is 0 Å². The molecular formula is C24H30FN5. The molecule has 1 aliphatic carbocycles. The van der Waals surface area contributed by atoms with Crippen molar-refractivity contribution in [2.45, 2.75) is 64.7 Å². The highest BCUT2D eigenvalue weighted by Gasteiger charge is 2.32. The summed E-state index contributed by atoms with van der Waals surface area (Å²) in [7, 11) is 0. The van der Waals surface area contributed by atoms with Crippen LogP contribution in [0.25, 0.3) is 0 Å². The van der Waals surface area contributed by atoms with Crippen molar-refractivity contribution in [1.82, 2.24) is 25.1 Å². The molecule has 1 atom stereocenters. The number of aromatic nitrogens is 4. The van der Waals surface area contributed by atoms with Gasteiger partial charge in [0.05, 0.1) is 12.1 Å². The molecule has 6 heteroatoms. The Morgan fingerprint density at radius 1 is 0.967 bits per heavy atom. The van der Waals surface area contributed by atoms with E-state index in [9.17, 15) is 4.39 Å². The largest absolute Gasteiger partial charge is 0.285 e. The lowest BCUT2D eigenvalue weighted by Crippen LogP contribution is -2.34. The SMILES string of the molecule is CC(C)C(c1nnnn1C1CCCC1)N(Cc1ccccc1)Cc1ccc(F)cc1. The van der Waals surface area contributed by atoms with Crippen LogP contribution in [0.5, 0.6) is 0 Å². The lowest BCUT2D eigenvalue weighted by Gasteiger charge is -2.34. The van der Waals surface area contributed by atoms with Crippen molar-refractivity contribution < 1.29 is 4.39 Å². The Hall–Kier alpha value is -2.60. The van der Waals surface area contributed by atoms with E-state index in [1.165, 1.54) is 30.5 Å². The minimum absolute atomic E-state index is 0.0610. The van der Waals surface area contributed by atoms with Crippen LogP contribution in [0, 0.1) is 11.7 Å². The van der Waals surface area contributed by atoms with E-state index in [0.29, 0.717) is 18.5 Å². The van der Waals surface area contributed by atoms with Gasteiger partial charge in [0.1, 0.15) is 5.82 Å². The molecule has 1 heterocycles. The van der Waals surface area contributed by atoms with Crippen molar-refractivity contribution in [2.24, 2.45) is 5.92 Å². The highest BCUT2D eigenvalue weighted by Crippen LogP contribution is 2.35. The van der Waals surface area contributed by atoms with Gasteiger partial charge in [0, 0.05) is 13.1 Å². The third kappa shape index (κ3) is 4.75. The normalized spacial score (nSPS) is 15.9. The molecular weight excluding hydrogens is 377 g/mol. The van der Waals surface area contributed by atoms with Crippen molar-refractivity contribution in [1.29, 1.82) is 0 Å². The van der Waals surface area contributed by atoms with E-state index in [4.69, 9.17) is 0 Å². The van der Waals surface area contributed by atoms with Gasteiger partial charge in [0.2, 0.25) is 0 Å². The molecule has 4 rings (SSSR count). The van der Waals surface area contributed by atoms with Gasteiger partial charge in [0.25, 0.3) is 0 Å². The predicted molar refractivity (Wildman–Crippen MR) is 115 cm³/mol. The van der Waals surface area contributed by atoms with E-state index in [-0.39, 0.29) is 11.9 Å². The first-order valence-corrected chi connectivity index (χ1v) is 10.9. The van der Waals surface area contributed by atoms with Gasteiger partial charge < -0.3 is 0 Å². The average Bonchev–Trinajstić information content (AvgIpc) is 3.42. The summed E-state index contributed by atoms with van der Waals surface area (Å²) in [4.78, 5) is 2.42. The van der Waals surface area contributed by atoms with Gasteiger partial charge in [-0.1, -0.05) is 69.2 Å². The summed E-state index contributed by atoms with van der Waals surface area (Å²) < 4.78 is 15.5. The van der Waals surface area contributed by atoms with E-state index in [0.717, 1.165) is 30.8 Å². The van der Waals surface area contributed by atoms with Gasteiger partial charge in [-0.05, 0) is 52.4 Å². The summed E-state index contributed by atoms with van der Waals surface area (Å²) in [6.07, 6.45) is 4.75. The van der Waals surface area contributed by atoms with Gasteiger partial charge in [-0.2, -0.15) is 0 Å². The Morgan fingerprint density at radius 2 is 1.60 bits per heavy atom. The Labute approximate surface area is 177 Å². The van der Waals surface area contributed by atoms with Crippen LogP contribution in [0.15, 0.2) is 54.6 Å². The third-order valence-electron chi connectivity index (χ3n) is 6.01. The van der Waals surface area contributed by atoms with Gasteiger partial charge in [0.15, 0.2) is 5.82 Å². The molecule has 30 heavy (non-hydrogen) atoms. The van der Waals surface area contributed by atoms with E-state index >= 15 is 0 Å². The zero-order chi connectivity index (χ0) is 20.9. The second-order valence-corrected chi connectivity index (χ2v) is 8.63. The molecule has 3 aromatic rings. The molecule has 158 valence electrons. The molecule has 0 amide bonds. The molecule has 0 bridgehead atoms. The van der Waals surface area contributed by atoms with Crippen LogP contribution >= 0.6 is 0 Å². The van der Waals surface area contributed by atoms with Crippen LogP contribution in [0.1, 0.15) is 68.6 Å². The highest BCUT2D eigenvalue weighted by atomic mass is 19.1. The topological polar surface area (TPSA) is 46.8 Å². The lowest BCUT2D eigenvalue weighted by atomic mass is 9.99. The zero-order valence-electron chi connectivity index (χ0n) is 17.8. The number of benzene rings is 2. The Kier molecular flexibility index (Phi) is 6.53. The minimum atomic E-state index is -0.209. The summed E-state index contributed by atoms with van der Waals surface area (Å²) in [6, 6.07) is 17.7. The first-order chi connectivity index (χ1) is 14.6. The monoisotopic (exact) mass is 407 g/mol. The van der Waals surface area contributed by atoms with Crippen molar-refractivity contribution in [3.05, 3.63) is 77.4 Å². The number of hydrogen-bond donors (Lipinski definition) is 0. The Morgan fingerprint density at radius 3 is 2.23 bits per heavy atom. The van der Waals surface area contributed by atoms with Crippen LogP contribution in [0.2, 0.25) is 0 Å². The van der Waals surface area contributed by atoms with Gasteiger partial charge >= 0.3 is 0 Å². The zero-order valence-corrected chi connectivity index (χ0v) is 17.8. The van der Waals surface area contributed by atoms with E-state index in [2.05, 4.69) is 63.2 Å². The summed E-state index contributed by atoms with van der Waals surface area (Å²) in [5.41, 5.74) is 2.32. The molecule has 5 nitrogen and oxygen atoms in total. The molecule has 1 aliphatic rings. The molecule has 0 N–H and O–H groups in total. The van der Waals surface area contributed by atoms with Crippen molar-refractivity contribution in [3.8, 4) is 0 Å². The molecule has 0 radical (unpaired) electrons. The summed E-state index contributed by atoms with van der Waals surface area (Å²) in [5, 5.41) is 13.0. The smallest absolute Gasteiger partial charge is 0.168 e. The number of halogens is 1.